The molecule has 0 N–H and O–H groups in total. The number of amides is 1. The monoisotopic (exact) mass is 302 g/mol. The summed E-state index contributed by atoms with van der Waals surface area (Å²) in [6.07, 6.45) is 9.04. The standard InChI is InChI=1S/C17H26N4O/c1-3-17(22)21-9-5-7-16(21)15-6-4-8-20(15)12-14-11-18-13(2)10-19-14/h10-11,15-16H,3-9,12H2,1-2H3/t15-,16+/m0/s1. The Morgan fingerprint density at radius 2 is 1.95 bits per heavy atom. The average Bonchev–Trinajstić information content (AvgIpc) is 3.17. The lowest BCUT2D eigenvalue weighted by molar-refractivity contribution is -0.132. The minimum atomic E-state index is 0.310. The summed E-state index contributed by atoms with van der Waals surface area (Å²) in [7, 11) is 0. The van der Waals surface area contributed by atoms with E-state index in [4.69, 9.17) is 0 Å². The Morgan fingerprint density at radius 3 is 2.68 bits per heavy atom. The molecule has 2 saturated heterocycles. The van der Waals surface area contributed by atoms with E-state index in [0.29, 0.717) is 24.4 Å². The normalized spacial score (nSPS) is 25.8. The molecule has 2 aliphatic heterocycles. The number of hydrogen-bond acceptors (Lipinski definition) is 4. The van der Waals surface area contributed by atoms with Gasteiger partial charge in [-0.15, -0.1) is 0 Å². The quantitative estimate of drug-likeness (QED) is 0.855. The smallest absolute Gasteiger partial charge is 0.222 e. The van der Waals surface area contributed by atoms with Gasteiger partial charge in [-0.25, -0.2) is 0 Å². The zero-order chi connectivity index (χ0) is 15.5. The fraction of sp³-hybridized carbons (Fsp3) is 0.706. The SMILES string of the molecule is CCC(=O)N1CCC[C@@H]1[C@@H]1CCCN1Cc1cnc(C)cn1. The number of aryl methyl sites for hydroxylation is 1. The largest absolute Gasteiger partial charge is 0.338 e. The minimum Gasteiger partial charge on any atom is -0.338 e. The molecular weight excluding hydrogens is 276 g/mol. The summed E-state index contributed by atoms with van der Waals surface area (Å²) in [6, 6.07) is 0.884. The number of likely N-dealkylation sites (tertiary alicyclic amines) is 2. The predicted octanol–water partition coefficient (Wildman–Crippen LogP) is 2.15. The van der Waals surface area contributed by atoms with E-state index in [-0.39, 0.29) is 0 Å². The van der Waals surface area contributed by atoms with Crippen molar-refractivity contribution in [3.8, 4) is 0 Å². The van der Waals surface area contributed by atoms with E-state index in [1.807, 2.05) is 26.2 Å². The molecule has 22 heavy (non-hydrogen) atoms. The van der Waals surface area contributed by atoms with Crippen molar-refractivity contribution in [2.24, 2.45) is 0 Å². The van der Waals surface area contributed by atoms with E-state index in [9.17, 15) is 4.79 Å². The van der Waals surface area contributed by atoms with Crippen LogP contribution in [-0.4, -0.2) is 50.8 Å². The van der Waals surface area contributed by atoms with Gasteiger partial charge in [0.1, 0.15) is 0 Å². The maximum absolute atomic E-state index is 12.2. The third-order valence-corrected chi connectivity index (χ3v) is 4.98. The molecule has 0 unspecified atom stereocenters. The van der Waals surface area contributed by atoms with Crippen molar-refractivity contribution in [2.45, 2.75) is 64.6 Å². The van der Waals surface area contributed by atoms with Crippen LogP contribution in [0, 0.1) is 6.92 Å². The molecule has 2 atom stereocenters. The molecule has 2 aliphatic rings. The number of hydrogen-bond donors (Lipinski definition) is 0. The van der Waals surface area contributed by atoms with Crippen molar-refractivity contribution in [1.82, 2.24) is 19.8 Å². The van der Waals surface area contributed by atoms with Crippen molar-refractivity contribution in [1.29, 1.82) is 0 Å². The highest BCUT2D eigenvalue weighted by molar-refractivity contribution is 5.76. The van der Waals surface area contributed by atoms with E-state index in [2.05, 4.69) is 19.8 Å². The molecule has 0 bridgehead atoms. The molecule has 1 amide bonds. The van der Waals surface area contributed by atoms with Crippen molar-refractivity contribution >= 4 is 5.91 Å². The van der Waals surface area contributed by atoms with Crippen LogP contribution in [0.2, 0.25) is 0 Å². The molecule has 1 aromatic rings. The third kappa shape index (κ3) is 3.14. The van der Waals surface area contributed by atoms with Crippen molar-refractivity contribution in [3.05, 3.63) is 23.8 Å². The summed E-state index contributed by atoms with van der Waals surface area (Å²) in [5.41, 5.74) is 1.99. The summed E-state index contributed by atoms with van der Waals surface area (Å²) >= 11 is 0. The van der Waals surface area contributed by atoms with Crippen LogP contribution in [0.5, 0.6) is 0 Å². The second kappa shape index (κ2) is 6.73. The van der Waals surface area contributed by atoms with Gasteiger partial charge >= 0.3 is 0 Å². The number of carbonyl (C=O) groups excluding carboxylic acids is 1. The fourth-order valence-electron chi connectivity index (χ4n) is 3.90. The van der Waals surface area contributed by atoms with Crippen LogP contribution in [0.15, 0.2) is 12.4 Å². The average molecular weight is 302 g/mol. The van der Waals surface area contributed by atoms with Crippen molar-refractivity contribution in [3.63, 3.8) is 0 Å². The van der Waals surface area contributed by atoms with Gasteiger partial charge < -0.3 is 4.90 Å². The van der Waals surface area contributed by atoms with Gasteiger partial charge in [0.25, 0.3) is 0 Å². The molecule has 5 heteroatoms. The van der Waals surface area contributed by atoms with Crippen molar-refractivity contribution in [2.75, 3.05) is 13.1 Å². The van der Waals surface area contributed by atoms with E-state index < -0.39 is 0 Å². The Kier molecular flexibility index (Phi) is 4.71. The van der Waals surface area contributed by atoms with Gasteiger partial charge in [-0.2, -0.15) is 0 Å². The van der Waals surface area contributed by atoms with E-state index in [1.165, 1.54) is 12.8 Å². The van der Waals surface area contributed by atoms with E-state index in [1.54, 1.807) is 0 Å². The first-order valence-corrected chi connectivity index (χ1v) is 8.50. The summed E-state index contributed by atoms with van der Waals surface area (Å²) < 4.78 is 0. The zero-order valence-corrected chi connectivity index (χ0v) is 13.7. The van der Waals surface area contributed by atoms with Crippen LogP contribution in [0.25, 0.3) is 0 Å². The molecule has 0 radical (unpaired) electrons. The molecule has 3 rings (SSSR count). The maximum atomic E-state index is 12.2. The Balaban J connectivity index is 1.70. The van der Waals surface area contributed by atoms with Gasteiger partial charge in [-0.05, 0) is 39.2 Å². The van der Waals surface area contributed by atoms with Crippen LogP contribution in [0.3, 0.4) is 0 Å². The van der Waals surface area contributed by atoms with Crippen LogP contribution in [0.1, 0.15) is 50.4 Å². The lowest BCUT2D eigenvalue weighted by Crippen LogP contribution is -2.47. The van der Waals surface area contributed by atoms with Gasteiger partial charge in [-0.1, -0.05) is 6.92 Å². The summed E-state index contributed by atoms with van der Waals surface area (Å²) in [6.45, 7) is 6.81. The van der Waals surface area contributed by atoms with Crippen LogP contribution < -0.4 is 0 Å². The molecule has 3 heterocycles. The highest BCUT2D eigenvalue weighted by Crippen LogP contribution is 2.31. The summed E-state index contributed by atoms with van der Waals surface area (Å²) in [4.78, 5) is 25.6. The molecule has 0 aliphatic carbocycles. The summed E-state index contributed by atoms with van der Waals surface area (Å²) in [5.74, 6) is 0.310. The van der Waals surface area contributed by atoms with E-state index in [0.717, 1.165) is 43.9 Å². The van der Waals surface area contributed by atoms with Gasteiger partial charge in [-0.3, -0.25) is 19.7 Å². The maximum Gasteiger partial charge on any atom is 0.222 e. The van der Waals surface area contributed by atoms with Crippen LogP contribution in [-0.2, 0) is 11.3 Å². The van der Waals surface area contributed by atoms with Crippen LogP contribution >= 0.6 is 0 Å². The number of nitrogens with zero attached hydrogens (tertiary/aromatic N) is 4. The van der Waals surface area contributed by atoms with Gasteiger partial charge in [0.05, 0.1) is 11.4 Å². The van der Waals surface area contributed by atoms with Gasteiger partial charge in [0.2, 0.25) is 5.91 Å². The number of aromatic nitrogens is 2. The second-order valence-corrected chi connectivity index (χ2v) is 6.48. The number of carbonyl (C=O) groups is 1. The molecule has 120 valence electrons. The Hall–Kier alpha value is -1.49. The predicted molar refractivity (Wildman–Crippen MR) is 85.2 cm³/mol. The first-order valence-electron chi connectivity index (χ1n) is 8.50. The molecule has 5 nitrogen and oxygen atoms in total. The van der Waals surface area contributed by atoms with Crippen LogP contribution in [0.4, 0.5) is 0 Å². The first kappa shape index (κ1) is 15.4. The number of rotatable bonds is 4. The third-order valence-electron chi connectivity index (χ3n) is 4.98. The Labute approximate surface area is 132 Å². The second-order valence-electron chi connectivity index (χ2n) is 6.48. The molecule has 0 spiro atoms. The molecule has 1 aromatic heterocycles. The molecular formula is C17H26N4O. The fourth-order valence-corrected chi connectivity index (χ4v) is 3.90. The molecule has 0 aromatic carbocycles. The first-order chi connectivity index (χ1) is 10.7. The molecule has 0 saturated carbocycles. The highest BCUT2D eigenvalue weighted by Gasteiger charge is 2.39. The topological polar surface area (TPSA) is 49.3 Å². The molecule has 2 fully saturated rings. The summed E-state index contributed by atoms with van der Waals surface area (Å²) in [5, 5.41) is 0. The van der Waals surface area contributed by atoms with Gasteiger partial charge in [0.15, 0.2) is 0 Å². The lowest BCUT2D eigenvalue weighted by atomic mass is 10.0. The zero-order valence-electron chi connectivity index (χ0n) is 13.7. The Morgan fingerprint density at radius 1 is 1.18 bits per heavy atom. The lowest BCUT2D eigenvalue weighted by Gasteiger charge is -2.34. The Bertz CT molecular complexity index is 516. The highest BCUT2D eigenvalue weighted by atomic mass is 16.2. The minimum absolute atomic E-state index is 0.310. The van der Waals surface area contributed by atoms with Crippen molar-refractivity contribution < 1.29 is 4.79 Å². The van der Waals surface area contributed by atoms with Gasteiger partial charge in [0, 0.05) is 44.0 Å². The van der Waals surface area contributed by atoms with E-state index >= 15 is 0 Å².